The molecule has 1 unspecified atom stereocenters. The van der Waals surface area contributed by atoms with E-state index in [0.717, 1.165) is 5.56 Å². The molecule has 2 aromatic rings. The topological polar surface area (TPSA) is 131 Å². The molecule has 0 spiro atoms. The summed E-state index contributed by atoms with van der Waals surface area (Å²) in [5, 5.41) is 11.4. The van der Waals surface area contributed by atoms with Crippen LogP contribution in [0.5, 0.6) is 0 Å². The minimum atomic E-state index is -1.06. The van der Waals surface area contributed by atoms with Crippen molar-refractivity contribution in [1.82, 2.24) is 9.80 Å². The van der Waals surface area contributed by atoms with Crippen LogP contribution in [0, 0.1) is 10.1 Å². The Kier molecular flexibility index (Phi) is 7.30. The smallest absolute Gasteiger partial charge is 0.338 e. The lowest BCUT2D eigenvalue weighted by Crippen LogP contribution is -2.52. The maximum atomic E-state index is 13.6. The number of carbonyl (C=O) groups excluding carboxylic acids is 2. The SMILES string of the molecule is CC1=C(C(=O)OC(C)C)C(c2cccc([N+](=O)[O-])c2)N(C(=O)N(C)Cc2ccccc2)C(N)=N1. The van der Waals surface area contributed by atoms with Gasteiger partial charge in [-0.2, -0.15) is 0 Å². The summed E-state index contributed by atoms with van der Waals surface area (Å²) in [6.07, 6.45) is -0.424. The number of non-ortho nitro benzene ring substituents is 1. The Balaban J connectivity index is 2.10. The molecule has 0 fully saturated rings. The zero-order valence-electron chi connectivity index (χ0n) is 19.5. The maximum Gasteiger partial charge on any atom is 0.338 e. The molecule has 1 aliphatic heterocycles. The Morgan fingerprint density at radius 3 is 2.50 bits per heavy atom. The second-order valence-electron chi connectivity index (χ2n) is 8.17. The third-order valence-electron chi connectivity index (χ3n) is 5.21. The van der Waals surface area contributed by atoms with Crippen LogP contribution in [0.1, 0.15) is 37.9 Å². The monoisotopic (exact) mass is 465 g/mol. The van der Waals surface area contributed by atoms with Crippen LogP contribution in [0.2, 0.25) is 0 Å². The molecule has 1 heterocycles. The molecule has 0 saturated heterocycles. The normalized spacial score (nSPS) is 15.7. The average Bonchev–Trinajstić information content (AvgIpc) is 2.78. The van der Waals surface area contributed by atoms with Gasteiger partial charge in [-0.15, -0.1) is 0 Å². The molecule has 0 aromatic heterocycles. The van der Waals surface area contributed by atoms with E-state index in [-0.39, 0.29) is 29.5 Å². The quantitative estimate of drug-likeness (QED) is 0.393. The molecule has 2 aromatic carbocycles. The first-order valence-electron chi connectivity index (χ1n) is 10.7. The van der Waals surface area contributed by atoms with Crippen molar-refractivity contribution >= 4 is 23.6 Å². The van der Waals surface area contributed by atoms with Crippen LogP contribution < -0.4 is 5.73 Å². The lowest BCUT2D eigenvalue weighted by atomic mass is 9.94. The fourth-order valence-corrected chi connectivity index (χ4v) is 3.72. The third-order valence-corrected chi connectivity index (χ3v) is 5.21. The number of hydrogen-bond acceptors (Lipinski definition) is 7. The Morgan fingerprint density at radius 1 is 1.21 bits per heavy atom. The predicted molar refractivity (Wildman–Crippen MR) is 127 cm³/mol. The zero-order valence-corrected chi connectivity index (χ0v) is 19.5. The third kappa shape index (κ3) is 5.22. The molecular formula is C24H27N5O5. The first kappa shape index (κ1) is 24.4. The molecule has 2 N–H and O–H groups in total. The van der Waals surface area contributed by atoms with Crippen LogP contribution in [0.4, 0.5) is 10.5 Å². The molecule has 1 aliphatic rings. The van der Waals surface area contributed by atoms with Crippen LogP contribution in [-0.2, 0) is 16.1 Å². The van der Waals surface area contributed by atoms with E-state index in [2.05, 4.69) is 4.99 Å². The van der Waals surface area contributed by atoms with E-state index >= 15 is 0 Å². The number of urea groups is 1. The number of nitro groups is 1. The fourth-order valence-electron chi connectivity index (χ4n) is 3.72. The van der Waals surface area contributed by atoms with E-state index in [0.29, 0.717) is 5.56 Å². The minimum absolute atomic E-state index is 0.0878. The maximum absolute atomic E-state index is 13.6. The van der Waals surface area contributed by atoms with Gasteiger partial charge in [0.1, 0.15) is 6.04 Å². The van der Waals surface area contributed by atoms with Gasteiger partial charge in [0, 0.05) is 25.7 Å². The van der Waals surface area contributed by atoms with Crippen LogP contribution in [0.3, 0.4) is 0 Å². The molecule has 3 rings (SSSR count). The molecule has 2 amide bonds. The van der Waals surface area contributed by atoms with E-state index in [1.54, 1.807) is 33.9 Å². The van der Waals surface area contributed by atoms with Crippen LogP contribution >= 0.6 is 0 Å². The predicted octanol–water partition coefficient (Wildman–Crippen LogP) is 3.74. The number of allylic oxidation sites excluding steroid dienone is 1. The Hall–Kier alpha value is -4.21. The van der Waals surface area contributed by atoms with E-state index in [9.17, 15) is 19.7 Å². The lowest BCUT2D eigenvalue weighted by Gasteiger charge is -2.37. The van der Waals surface area contributed by atoms with Gasteiger partial charge in [0.05, 0.1) is 22.3 Å². The first-order valence-corrected chi connectivity index (χ1v) is 10.7. The van der Waals surface area contributed by atoms with Crippen molar-refractivity contribution < 1.29 is 19.2 Å². The highest BCUT2D eigenvalue weighted by Crippen LogP contribution is 2.37. The highest BCUT2D eigenvalue weighted by molar-refractivity contribution is 6.02. The Morgan fingerprint density at radius 2 is 1.88 bits per heavy atom. The number of nitrogens with zero attached hydrogens (tertiary/aromatic N) is 4. The molecule has 34 heavy (non-hydrogen) atoms. The van der Waals surface area contributed by atoms with E-state index in [1.165, 1.54) is 28.0 Å². The second kappa shape index (κ2) is 10.2. The highest BCUT2D eigenvalue weighted by Gasteiger charge is 2.41. The summed E-state index contributed by atoms with van der Waals surface area (Å²) < 4.78 is 5.42. The van der Waals surface area contributed by atoms with Gasteiger partial charge in [0.2, 0.25) is 5.96 Å². The summed E-state index contributed by atoms with van der Waals surface area (Å²) in [6, 6.07) is 13.5. The van der Waals surface area contributed by atoms with Gasteiger partial charge in [0.25, 0.3) is 5.69 Å². The number of guanidine groups is 1. The molecule has 0 saturated carbocycles. The number of benzene rings is 2. The van der Waals surface area contributed by atoms with E-state index in [4.69, 9.17) is 10.5 Å². The van der Waals surface area contributed by atoms with Gasteiger partial charge in [0.15, 0.2) is 0 Å². The number of nitro benzene ring substituents is 1. The molecular weight excluding hydrogens is 438 g/mol. The number of esters is 1. The summed E-state index contributed by atoms with van der Waals surface area (Å²) in [4.78, 5) is 44.4. The van der Waals surface area contributed by atoms with Gasteiger partial charge in [-0.25, -0.2) is 14.6 Å². The van der Waals surface area contributed by atoms with Crippen LogP contribution in [-0.4, -0.2) is 45.8 Å². The minimum Gasteiger partial charge on any atom is -0.459 e. The van der Waals surface area contributed by atoms with Crippen molar-refractivity contribution in [2.45, 2.75) is 39.5 Å². The number of aliphatic imine (C=N–C) groups is 1. The van der Waals surface area contributed by atoms with Gasteiger partial charge < -0.3 is 15.4 Å². The molecule has 10 heteroatoms. The lowest BCUT2D eigenvalue weighted by molar-refractivity contribution is -0.384. The fraction of sp³-hybridized carbons (Fsp3) is 0.292. The number of rotatable bonds is 6. The van der Waals surface area contributed by atoms with E-state index < -0.39 is 29.1 Å². The molecule has 10 nitrogen and oxygen atoms in total. The summed E-state index contributed by atoms with van der Waals surface area (Å²) in [6.45, 7) is 5.27. The van der Waals surface area contributed by atoms with Gasteiger partial charge in [-0.05, 0) is 31.9 Å². The van der Waals surface area contributed by atoms with Crippen molar-refractivity contribution in [3.8, 4) is 0 Å². The van der Waals surface area contributed by atoms with Crippen molar-refractivity contribution in [1.29, 1.82) is 0 Å². The van der Waals surface area contributed by atoms with Gasteiger partial charge in [-0.1, -0.05) is 42.5 Å². The number of amides is 2. The van der Waals surface area contributed by atoms with Crippen LogP contribution in [0.15, 0.2) is 70.9 Å². The summed E-state index contributed by atoms with van der Waals surface area (Å²) in [5.74, 6) is -0.802. The van der Waals surface area contributed by atoms with Crippen molar-refractivity contribution in [2.24, 2.45) is 10.7 Å². The number of ether oxygens (including phenoxy) is 1. The molecule has 0 radical (unpaired) electrons. The van der Waals surface area contributed by atoms with Crippen molar-refractivity contribution in [3.05, 3.63) is 87.1 Å². The molecule has 0 bridgehead atoms. The van der Waals surface area contributed by atoms with E-state index in [1.807, 2.05) is 30.3 Å². The number of hydrogen-bond donors (Lipinski definition) is 1. The summed E-state index contributed by atoms with van der Waals surface area (Å²) in [5.41, 5.74) is 7.61. The molecule has 0 aliphatic carbocycles. The number of nitrogens with two attached hydrogens (primary N) is 1. The van der Waals surface area contributed by atoms with Crippen molar-refractivity contribution in [3.63, 3.8) is 0 Å². The molecule has 178 valence electrons. The Labute approximate surface area is 197 Å². The van der Waals surface area contributed by atoms with Gasteiger partial charge >= 0.3 is 12.0 Å². The molecule has 1 atom stereocenters. The van der Waals surface area contributed by atoms with Gasteiger partial charge in [-0.3, -0.25) is 15.0 Å². The summed E-state index contributed by atoms with van der Waals surface area (Å²) in [7, 11) is 1.60. The number of carbonyl (C=O) groups is 2. The largest absolute Gasteiger partial charge is 0.459 e. The standard InChI is InChI=1S/C24H27N5O5/c1-15(2)34-22(30)20-16(3)26-23(25)28(21(20)18-11-8-12-19(13-18)29(32)33)24(31)27(4)14-17-9-6-5-7-10-17/h5-13,15,21H,14H2,1-4H3,(H2,25,26). The average molecular weight is 466 g/mol. The Bertz CT molecular complexity index is 1160. The zero-order chi connectivity index (χ0) is 25.0. The first-order chi connectivity index (χ1) is 16.1. The second-order valence-corrected chi connectivity index (χ2v) is 8.17. The summed E-state index contributed by atoms with van der Waals surface area (Å²) >= 11 is 0. The van der Waals surface area contributed by atoms with Crippen molar-refractivity contribution in [2.75, 3.05) is 7.05 Å². The highest BCUT2D eigenvalue weighted by atomic mass is 16.6. The van der Waals surface area contributed by atoms with Crippen LogP contribution in [0.25, 0.3) is 0 Å².